The molecule has 0 amide bonds. The summed E-state index contributed by atoms with van der Waals surface area (Å²) in [6.45, 7) is 7.68. The van der Waals surface area contributed by atoms with Gasteiger partial charge in [0.15, 0.2) is 5.78 Å². The number of phenolic OH excluding ortho intramolecular Hbond substituents is 1. The van der Waals surface area contributed by atoms with Crippen LogP contribution in [0.25, 0.3) is 0 Å². The van der Waals surface area contributed by atoms with Gasteiger partial charge in [-0.15, -0.1) is 0 Å². The normalized spacial score (nSPS) is 18.6. The second-order valence-electron chi connectivity index (χ2n) is 8.49. The minimum Gasteiger partial charge on any atom is -0.508 e. The largest absolute Gasteiger partial charge is 0.508 e. The molecule has 2 atom stereocenters. The number of ketones is 1. The molecule has 3 aromatic carbocycles. The van der Waals surface area contributed by atoms with Crippen molar-refractivity contribution in [2.45, 2.75) is 32.5 Å². The minimum absolute atomic E-state index is 0.0136. The van der Waals surface area contributed by atoms with Crippen molar-refractivity contribution < 1.29 is 9.90 Å². The van der Waals surface area contributed by atoms with Gasteiger partial charge < -0.3 is 5.11 Å². The molecule has 1 heterocycles. The van der Waals surface area contributed by atoms with E-state index in [4.69, 9.17) is 0 Å². The smallest absolute Gasteiger partial charge is 0.159 e. The van der Waals surface area contributed by atoms with Crippen LogP contribution in [0.1, 0.15) is 46.9 Å². The Bertz CT molecular complexity index is 1030. The predicted molar refractivity (Wildman–Crippen MR) is 124 cm³/mol. The van der Waals surface area contributed by atoms with Crippen LogP contribution in [0, 0.1) is 0 Å². The molecule has 1 fully saturated rings. The van der Waals surface area contributed by atoms with Gasteiger partial charge in [-0.3, -0.25) is 14.6 Å². The molecule has 31 heavy (non-hydrogen) atoms. The molecule has 4 rings (SSSR count). The van der Waals surface area contributed by atoms with Crippen molar-refractivity contribution in [2.75, 3.05) is 19.6 Å². The van der Waals surface area contributed by atoms with Crippen LogP contribution in [-0.4, -0.2) is 46.4 Å². The van der Waals surface area contributed by atoms with E-state index in [0.29, 0.717) is 6.04 Å². The Morgan fingerprint density at radius 3 is 2.35 bits per heavy atom. The van der Waals surface area contributed by atoms with Crippen LogP contribution < -0.4 is 0 Å². The number of benzene rings is 3. The topological polar surface area (TPSA) is 43.8 Å². The summed E-state index contributed by atoms with van der Waals surface area (Å²) in [6.07, 6.45) is 0. The highest BCUT2D eigenvalue weighted by Crippen LogP contribution is 2.34. The summed E-state index contributed by atoms with van der Waals surface area (Å²) in [4.78, 5) is 17.0. The van der Waals surface area contributed by atoms with E-state index >= 15 is 0 Å². The van der Waals surface area contributed by atoms with Gasteiger partial charge >= 0.3 is 0 Å². The van der Waals surface area contributed by atoms with Crippen molar-refractivity contribution in [1.82, 2.24) is 9.80 Å². The number of piperazine rings is 1. The zero-order chi connectivity index (χ0) is 21.8. The molecule has 1 saturated heterocycles. The van der Waals surface area contributed by atoms with E-state index in [1.54, 1.807) is 13.0 Å². The van der Waals surface area contributed by atoms with Crippen LogP contribution in [0.2, 0.25) is 0 Å². The number of phenols is 1. The zero-order valence-corrected chi connectivity index (χ0v) is 18.2. The molecule has 4 nitrogen and oxygen atoms in total. The molecule has 0 bridgehead atoms. The fraction of sp³-hybridized carbons (Fsp3) is 0.296. The summed E-state index contributed by atoms with van der Waals surface area (Å²) >= 11 is 0. The highest BCUT2D eigenvalue weighted by atomic mass is 16.3. The Morgan fingerprint density at radius 1 is 0.968 bits per heavy atom. The Morgan fingerprint density at radius 2 is 1.68 bits per heavy atom. The Balaban J connectivity index is 1.61. The van der Waals surface area contributed by atoms with Crippen LogP contribution in [-0.2, 0) is 6.54 Å². The average molecular weight is 415 g/mol. The van der Waals surface area contributed by atoms with E-state index < -0.39 is 0 Å². The van der Waals surface area contributed by atoms with E-state index in [1.165, 1.54) is 5.56 Å². The number of aromatic hydroxyl groups is 1. The lowest BCUT2D eigenvalue weighted by Gasteiger charge is -2.44. The van der Waals surface area contributed by atoms with Crippen LogP contribution >= 0.6 is 0 Å². The lowest BCUT2D eigenvalue weighted by atomic mass is 9.93. The second-order valence-corrected chi connectivity index (χ2v) is 8.49. The molecule has 3 aromatic rings. The SMILES string of the molecule is CC(=O)c1cccc(C(c2cccc(O)c2)N2CCN(Cc3ccccc3)CC2C)c1. The van der Waals surface area contributed by atoms with Gasteiger partial charge in [0.2, 0.25) is 0 Å². The highest BCUT2D eigenvalue weighted by Gasteiger charge is 2.31. The number of rotatable bonds is 6. The number of nitrogens with zero attached hydrogens (tertiary/aromatic N) is 2. The van der Waals surface area contributed by atoms with Gasteiger partial charge in [-0.2, -0.15) is 0 Å². The maximum atomic E-state index is 12.0. The van der Waals surface area contributed by atoms with Crippen LogP contribution in [0.4, 0.5) is 0 Å². The molecule has 0 aromatic heterocycles. The van der Waals surface area contributed by atoms with E-state index in [2.05, 4.69) is 59.2 Å². The first-order valence-electron chi connectivity index (χ1n) is 10.9. The van der Waals surface area contributed by atoms with Crippen LogP contribution in [0.5, 0.6) is 5.75 Å². The third kappa shape index (κ3) is 5.04. The molecule has 0 spiro atoms. The van der Waals surface area contributed by atoms with Crippen molar-refractivity contribution >= 4 is 5.78 Å². The Kier molecular flexibility index (Phi) is 6.50. The van der Waals surface area contributed by atoms with E-state index in [0.717, 1.165) is 42.9 Å². The van der Waals surface area contributed by atoms with E-state index in [9.17, 15) is 9.90 Å². The third-order valence-corrected chi connectivity index (χ3v) is 6.14. The first-order chi connectivity index (χ1) is 15.0. The molecular weight excluding hydrogens is 384 g/mol. The molecule has 1 aliphatic rings. The van der Waals surface area contributed by atoms with Crippen molar-refractivity contribution in [3.63, 3.8) is 0 Å². The summed E-state index contributed by atoms with van der Waals surface area (Å²) in [5, 5.41) is 10.1. The average Bonchev–Trinajstić information content (AvgIpc) is 2.76. The maximum Gasteiger partial charge on any atom is 0.159 e. The van der Waals surface area contributed by atoms with Gasteiger partial charge in [0.1, 0.15) is 5.75 Å². The Hall–Kier alpha value is -2.95. The third-order valence-electron chi connectivity index (χ3n) is 6.14. The molecule has 1 aliphatic heterocycles. The van der Waals surface area contributed by atoms with Gasteiger partial charge in [0.05, 0.1) is 6.04 Å². The molecule has 0 radical (unpaired) electrons. The lowest BCUT2D eigenvalue weighted by molar-refractivity contribution is 0.0567. The fourth-order valence-electron chi connectivity index (χ4n) is 4.61. The first-order valence-corrected chi connectivity index (χ1v) is 10.9. The van der Waals surface area contributed by atoms with Crippen molar-refractivity contribution in [2.24, 2.45) is 0 Å². The number of hydrogen-bond acceptors (Lipinski definition) is 4. The highest BCUT2D eigenvalue weighted by molar-refractivity contribution is 5.94. The number of Topliss-reactive ketones (excluding diaryl/α,β-unsaturated/α-hetero) is 1. The van der Waals surface area contributed by atoms with Crippen LogP contribution in [0.15, 0.2) is 78.9 Å². The summed E-state index contributed by atoms with van der Waals surface area (Å²) in [6, 6.07) is 26.3. The van der Waals surface area contributed by atoms with Gasteiger partial charge in [-0.05, 0) is 48.7 Å². The number of carbonyl (C=O) groups is 1. The predicted octanol–water partition coefficient (Wildman–Crippen LogP) is 4.89. The maximum absolute atomic E-state index is 12.0. The van der Waals surface area contributed by atoms with Gasteiger partial charge in [0.25, 0.3) is 0 Å². The summed E-state index contributed by atoms with van der Waals surface area (Å²) in [7, 11) is 0. The summed E-state index contributed by atoms with van der Waals surface area (Å²) in [5.41, 5.74) is 4.19. The van der Waals surface area contributed by atoms with Crippen LogP contribution in [0.3, 0.4) is 0 Å². The summed E-state index contributed by atoms with van der Waals surface area (Å²) < 4.78 is 0. The second kappa shape index (κ2) is 9.46. The molecule has 160 valence electrons. The molecule has 2 unspecified atom stereocenters. The van der Waals surface area contributed by atoms with Gasteiger partial charge in [-0.25, -0.2) is 0 Å². The standard InChI is InChI=1S/C27H30N2O2/c1-20-18-28(19-22-8-4-3-5-9-22)14-15-29(20)27(25-12-7-13-26(31)17-25)24-11-6-10-23(16-24)21(2)30/h3-13,16-17,20,27,31H,14-15,18-19H2,1-2H3. The minimum atomic E-state index is -0.0136. The van der Waals surface area contributed by atoms with E-state index in [-0.39, 0.29) is 17.6 Å². The quantitative estimate of drug-likeness (QED) is 0.583. The molecular formula is C27H30N2O2. The molecule has 1 N–H and O–H groups in total. The first kappa shape index (κ1) is 21.3. The number of carbonyl (C=O) groups excluding carboxylic acids is 1. The van der Waals surface area contributed by atoms with Crippen molar-refractivity contribution in [1.29, 1.82) is 0 Å². The summed E-state index contributed by atoms with van der Waals surface area (Å²) in [5.74, 6) is 0.331. The van der Waals surface area contributed by atoms with Gasteiger partial charge in [-0.1, -0.05) is 60.7 Å². The fourth-order valence-corrected chi connectivity index (χ4v) is 4.61. The molecule has 4 heteroatoms. The van der Waals surface area contributed by atoms with Crippen molar-refractivity contribution in [3.05, 3.63) is 101 Å². The monoisotopic (exact) mass is 414 g/mol. The lowest BCUT2D eigenvalue weighted by Crippen LogP contribution is -2.52. The zero-order valence-electron chi connectivity index (χ0n) is 18.2. The number of hydrogen-bond donors (Lipinski definition) is 1. The molecule has 0 aliphatic carbocycles. The van der Waals surface area contributed by atoms with Crippen molar-refractivity contribution in [3.8, 4) is 5.75 Å². The Labute approximate surface area is 184 Å². The molecule has 0 saturated carbocycles. The van der Waals surface area contributed by atoms with E-state index in [1.807, 2.05) is 30.3 Å². The van der Waals surface area contributed by atoms with Gasteiger partial charge in [0, 0.05) is 37.8 Å².